The summed E-state index contributed by atoms with van der Waals surface area (Å²) in [6, 6.07) is 3.60. The summed E-state index contributed by atoms with van der Waals surface area (Å²) in [4.78, 5) is 18.0. The minimum atomic E-state index is -0.352. The smallest absolute Gasteiger partial charge is 0.345 e. The molecule has 0 aliphatic heterocycles. The second kappa shape index (κ2) is 6.91. The molecule has 6 heteroatoms. The lowest BCUT2D eigenvalue weighted by Crippen LogP contribution is -2.11. The molecule has 0 saturated heterocycles. The summed E-state index contributed by atoms with van der Waals surface area (Å²) in [5, 5.41) is 0.860. The first-order chi connectivity index (χ1) is 9.15. The standard InChI is InChI=1S/C14H18N2O3.H2O/c1-4-5-6-19-13-8-11-10(7-12(13)18-3)9(2)15-14(17)16-11;/h7-8H,4-6H2,1-3H3,(H,15,16,17);1H2. The lowest BCUT2D eigenvalue weighted by molar-refractivity contribution is 0.289. The monoisotopic (exact) mass is 280 g/mol. The molecule has 0 saturated carbocycles. The molecule has 0 unspecified atom stereocenters. The highest BCUT2D eigenvalue weighted by molar-refractivity contribution is 5.84. The van der Waals surface area contributed by atoms with E-state index < -0.39 is 0 Å². The van der Waals surface area contributed by atoms with Crippen LogP contribution in [0.2, 0.25) is 0 Å². The number of aromatic amines is 1. The average molecular weight is 280 g/mol. The number of H-pyrrole nitrogens is 1. The molecular weight excluding hydrogens is 260 g/mol. The predicted octanol–water partition coefficient (Wildman–Crippen LogP) is 1.59. The fourth-order valence-corrected chi connectivity index (χ4v) is 1.91. The van der Waals surface area contributed by atoms with E-state index in [0.717, 1.165) is 23.9 Å². The lowest BCUT2D eigenvalue weighted by Gasteiger charge is -2.12. The highest BCUT2D eigenvalue weighted by atomic mass is 16.5. The Balaban J connectivity index is 0.00000200. The van der Waals surface area contributed by atoms with Gasteiger partial charge in [0.05, 0.1) is 19.2 Å². The fourth-order valence-electron chi connectivity index (χ4n) is 1.91. The molecule has 2 rings (SSSR count). The summed E-state index contributed by atoms with van der Waals surface area (Å²) in [6.07, 6.45) is 2.04. The molecule has 1 aromatic heterocycles. The number of nitrogens with zero attached hydrogens (tertiary/aromatic N) is 1. The Labute approximate surface area is 117 Å². The molecule has 20 heavy (non-hydrogen) atoms. The molecule has 0 aliphatic rings. The van der Waals surface area contributed by atoms with E-state index in [2.05, 4.69) is 16.9 Å². The van der Waals surface area contributed by atoms with Crippen LogP contribution in [0.25, 0.3) is 10.9 Å². The topological polar surface area (TPSA) is 95.7 Å². The summed E-state index contributed by atoms with van der Waals surface area (Å²) in [7, 11) is 1.60. The Morgan fingerprint density at radius 1 is 1.30 bits per heavy atom. The Bertz CT molecular complexity index is 637. The normalized spacial score (nSPS) is 10.2. The summed E-state index contributed by atoms with van der Waals surface area (Å²) < 4.78 is 11.0. The van der Waals surface area contributed by atoms with Crippen molar-refractivity contribution in [2.75, 3.05) is 13.7 Å². The Kier molecular flexibility index (Phi) is 5.52. The second-order valence-corrected chi connectivity index (χ2v) is 4.39. The van der Waals surface area contributed by atoms with Gasteiger partial charge in [0, 0.05) is 17.1 Å². The van der Waals surface area contributed by atoms with Gasteiger partial charge in [-0.15, -0.1) is 0 Å². The van der Waals surface area contributed by atoms with E-state index in [0.29, 0.717) is 23.6 Å². The van der Waals surface area contributed by atoms with Crippen molar-refractivity contribution in [1.82, 2.24) is 9.97 Å². The first-order valence-corrected chi connectivity index (χ1v) is 6.37. The summed E-state index contributed by atoms with van der Waals surface area (Å²) in [5.74, 6) is 1.28. The van der Waals surface area contributed by atoms with Crippen LogP contribution in [0.3, 0.4) is 0 Å². The van der Waals surface area contributed by atoms with Gasteiger partial charge in [-0.1, -0.05) is 13.3 Å². The zero-order chi connectivity index (χ0) is 13.8. The van der Waals surface area contributed by atoms with Crippen molar-refractivity contribution in [1.29, 1.82) is 0 Å². The van der Waals surface area contributed by atoms with Crippen LogP contribution in [-0.4, -0.2) is 29.2 Å². The number of hydrogen-bond donors (Lipinski definition) is 1. The molecule has 0 spiro atoms. The average Bonchev–Trinajstić information content (AvgIpc) is 2.38. The predicted molar refractivity (Wildman–Crippen MR) is 77.7 cm³/mol. The molecule has 1 heterocycles. The van der Waals surface area contributed by atoms with Gasteiger partial charge in [-0.2, -0.15) is 4.98 Å². The molecule has 0 aliphatic carbocycles. The summed E-state index contributed by atoms with van der Waals surface area (Å²) in [6.45, 7) is 4.56. The van der Waals surface area contributed by atoms with Crippen molar-refractivity contribution in [2.24, 2.45) is 0 Å². The molecule has 3 N–H and O–H groups in total. The number of aromatic nitrogens is 2. The van der Waals surface area contributed by atoms with Crippen molar-refractivity contribution >= 4 is 10.9 Å². The third-order valence-corrected chi connectivity index (χ3v) is 2.96. The van der Waals surface area contributed by atoms with Crippen LogP contribution in [0.1, 0.15) is 25.5 Å². The van der Waals surface area contributed by atoms with Crippen molar-refractivity contribution in [2.45, 2.75) is 26.7 Å². The molecular formula is C14H20N2O4. The van der Waals surface area contributed by atoms with E-state index >= 15 is 0 Å². The number of aryl methyl sites for hydroxylation is 1. The van der Waals surface area contributed by atoms with Gasteiger partial charge in [0.2, 0.25) is 0 Å². The van der Waals surface area contributed by atoms with Crippen molar-refractivity contribution < 1.29 is 14.9 Å². The van der Waals surface area contributed by atoms with E-state index in [9.17, 15) is 4.79 Å². The van der Waals surface area contributed by atoms with Crippen LogP contribution in [-0.2, 0) is 0 Å². The van der Waals surface area contributed by atoms with Crippen molar-refractivity contribution in [3.63, 3.8) is 0 Å². The molecule has 1 aromatic carbocycles. The molecule has 0 atom stereocenters. The molecule has 0 fully saturated rings. The molecule has 110 valence electrons. The number of methoxy groups -OCH3 is 1. The largest absolute Gasteiger partial charge is 0.493 e. The van der Waals surface area contributed by atoms with Crippen LogP contribution in [0, 0.1) is 6.92 Å². The first kappa shape index (κ1) is 16.0. The van der Waals surface area contributed by atoms with Gasteiger partial charge in [-0.3, -0.25) is 0 Å². The van der Waals surface area contributed by atoms with E-state index in [1.54, 1.807) is 13.2 Å². The van der Waals surface area contributed by atoms with Gasteiger partial charge in [-0.25, -0.2) is 4.79 Å². The van der Waals surface area contributed by atoms with Crippen LogP contribution in [0.5, 0.6) is 11.5 Å². The molecule has 0 bridgehead atoms. The van der Waals surface area contributed by atoms with Gasteiger partial charge in [0.1, 0.15) is 0 Å². The third kappa shape index (κ3) is 3.27. The number of fused-ring (bicyclic) bond motifs is 1. The van der Waals surface area contributed by atoms with Gasteiger partial charge >= 0.3 is 5.69 Å². The van der Waals surface area contributed by atoms with E-state index in [1.165, 1.54) is 0 Å². The van der Waals surface area contributed by atoms with Crippen molar-refractivity contribution in [3.05, 3.63) is 28.3 Å². The number of benzene rings is 1. The minimum absolute atomic E-state index is 0. The maximum Gasteiger partial charge on any atom is 0.345 e. The van der Waals surface area contributed by atoms with Crippen LogP contribution < -0.4 is 15.2 Å². The third-order valence-electron chi connectivity index (χ3n) is 2.96. The maximum absolute atomic E-state index is 11.4. The van der Waals surface area contributed by atoms with Gasteiger partial charge < -0.3 is 19.9 Å². The Morgan fingerprint density at radius 3 is 2.70 bits per heavy atom. The van der Waals surface area contributed by atoms with Gasteiger partial charge in [0.25, 0.3) is 0 Å². The van der Waals surface area contributed by atoms with Gasteiger partial charge in [0.15, 0.2) is 11.5 Å². The number of unbranched alkanes of at least 4 members (excludes halogenated alkanes) is 1. The van der Waals surface area contributed by atoms with Gasteiger partial charge in [-0.05, 0) is 19.4 Å². The van der Waals surface area contributed by atoms with Crippen molar-refractivity contribution in [3.8, 4) is 11.5 Å². The lowest BCUT2D eigenvalue weighted by atomic mass is 10.1. The fraction of sp³-hybridized carbons (Fsp3) is 0.429. The second-order valence-electron chi connectivity index (χ2n) is 4.39. The van der Waals surface area contributed by atoms with Crippen LogP contribution in [0.4, 0.5) is 0 Å². The first-order valence-electron chi connectivity index (χ1n) is 6.37. The highest BCUT2D eigenvalue weighted by Gasteiger charge is 2.10. The van der Waals surface area contributed by atoms with E-state index in [4.69, 9.17) is 9.47 Å². The minimum Gasteiger partial charge on any atom is -0.493 e. The molecule has 0 radical (unpaired) electrons. The number of rotatable bonds is 5. The van der Waals surface area contributed by atoms with E-state index in [1.807, 2.05) is 13.0 Å². The molecule has 6 nitrogen and oxygen atoms in total. The quantitative estimate of drug-likeness (QED) is 0.841. The van der Waals surface area contributed by atoms with Crippen LogP contribution >= 0.6 is 0 Å². The number of nitrogens with one attached hydrogen (secondary N) is 1. The number of ether oxygens (including phenoxy) is 2. The zero-order valence-corrected chi connectivity index (χ0v) is 11.9. The highest BCUT2D eigenvalue weighted by Crippen LogP contribution is 2.32. The number of hydrogen-bond acceptors (Lipinski definition) is 4. The maximum atomic E-state index is 11.4. The summed E-state index contributed by atoms with van der Waals surface area (Å²) >= 11 is 0. The Hall–Kier alpha value is -2.08. The SMILES string of the molecule is CCCCOc1cc2nc(=O)[nH]c(C)c2cc1OC.O. The Morgan fingerprint density at radius 2 is 2.05 bits per heavy atom. The zero-order valence-electron chi connectivity index (χ0n) is 11.9. The van der Waals surface area contributed by atoms with Crippen LogP contribution in [0.15, 0.2) is 16.9 Å². The molecule has 0 amide bonds. The summed E-state index contributed by atoms with van der Waals surface area (Å²) in [5.41, 5.74) is 1.04. The molecule has 2 aromatic rings. The van der Waals surface area contributed by atoms with E-state index in [-0.39, 0.29) is 11.2 Å².